The minimum Gasteiger partial charge on any atom is -0.472 e. The molecule has 1 aromatic carbocycles. The minimum atomic E-state index is -0.274. The summed E-state index contributed by atoms with van der Waals surface area (Å²) in [7, 11) is 0. The summed E-state index contributed by atoms with van der Waals surface area (Å²) >= 11 is 0. The predicted molar refractivity (Wildman–Crippen MR) is 95.0 cm³/mol. The van der Waals surface area contributed by atoms with Crippen LogP contribution in [0.3, 0.4) is 0 Å². The van der Waals surface area contributed by atoms with Gasteiger partial charge in [-0.15, -0.1) is 0 Å². The second kappa shape index (κ2) is 7.96. The fourth-order valence-corrected chi connectivity index (χ4v) is 2.68. The molecule has 1 unspecified atom stereocenters. The molecule has 3 aromatic rings. The number of rotatable bonds is 6. The molecule has 0 radical (unpaired) electrons. The number of amides is 1. The zero-order chi connectivity index (χ0) is 18.5. The van der Waals surface area contributed by atoms with E-state index in [4.69, 9.17) is 14.0 Å². The number of carbonyl (C=O) groups excluding carboxylic acids is 1. The van der Waals surface area contributed by atoms with Gasteiger partial charge in [-0.1, -0.05) is 35.5 Å². The lowest BCUT2D eigenvalue weighted by Crippen LogP contribution is -2.23. The van der Waals surface area contributed by atoms with Crippen LogP contribution in [0.25, 0.3) is 11.4 Å². The van der Waals surface area contributed by atoms with Crippen molar-refractivity contribution in [2.75, 3.05) is 13.2 Å². The Bertz CT molecular complexity index is 907. The highest BCUT2D eigenvalue weighted by Crippen LogP contribution is 2.16. The fourth-order valence-electron chi connectivity index (χ4n) is 2.68. The van der Waals surface area contributed by atoms with Gasteiger partial charge in [0, 0.05) is 29.8 Å². The van der Waals surface area contributed by atoms with Crippen LogP contribution in [0.2, 0.25) is 0 Å². The highest BCUT2D eigenvalue weighted by Gasteiger charge is 2.18. The minimum absolute atomic E-state index is 0.0226. The van der Waals surface area contributed by atoms with Crippen molar-refractivity contribution in [2.45, 2.75) is 19.1 Å². The maximum atomic E-state index is 12.4. The van der Waals surface area contributed by atoms with E-state index in [1.54, 1.807) is 18.3 Å². The van der Waals surface area contributed by atoms with Crippen LogP contribution in [0, 0.1) is 0 Å². The largest absolute Gasteiger partial charge is 0.472 e. The zero-order valence-electron chi connectivity index (χ0n) is 14.5. The Morgan fingerprint density at radius 1 is 1.26 bits per heavy atom. The number of pyridine rings is 1. The van der Waals surface area contributed by atoms with E-state index in [1.165, 1.54) is 0 Å². The van der Waals surface area contributed by atoms with Crippen LogP contribution in [0.1, 0.15) is 22.7 Å². The van der Waals surface area contributed by atoms with Crippen LogP contribution < -0.4 is 10.1 Å². The van der Waals surface area contributed by atoms with Crippen molar-refractivity contribution >= 4 is 5.91 Å². The lowest BCUT2D eigenvalue weighted by molar-refractivity contribution is 0.0944. The van der Waals surface area contributed by atoms with Crippen molar-refractivity contribution in [3.63, 3.8) is 0 Å². The molecule has 1 atom stereocenters. The normalized spacial score (nSPS) is 16.2. The van der Waals surface area contributed by atoms with Crippen molar-refractivity contribution in [3.05, 3.63) is 60.1 Å². The summed E-state index contributed by atoms with van der Waals surface area (Å²) in [6.45, 7) is 1.35. The Morgan fingerprint density at radius 3 is 2.96 bits per heavy atom. The number of nitrogens with one attached hydrogen (secondary N) is 1. The average molecular weight is 366 g/mol. The molecule has 1 N–H and O–H groups in total. The molecule has 27 heavy (non-hydrogen) atoms. The first-order valence-corrected chi connectivity index (χ1v) is 8.64. The molecule has 2 aromatic heterocycles. The first-order chi connectivity index (χ1) is 13.3. The van der Waals surface area contributed by atoms with Gasteiger partial charge < -0.3 is 19.3 Å². The van der Waals surface area contributed by atoms with Crippen molar-refractivity contribution in [3.8, 4) is 17.3 Å². The molecular weight excluding hydrogens is 348 g/mol. The van der Waals surface area contributed by atoms with Crippen molar-refractivity contribution < 1.29 is 18.8 Å². The molecule has 1 fully saturated rings. The van der Waals surface area contributed by atoms with Crippen LogP contribution >= 0.6 is 0 Å². The molecule has 0 spiro atoms. The van der Waals surface area contributed by atoms with E-state index >= 15 is 0 Å². The summed E-state index contributed by atoms with van der Waals surface area (Å²) in [4.78, 5) is 20.8. The summed E-state index contributed by atoms with van der Waals surface area (Å²) in [5.74, 6) is 0.945. The second-order valence-electron chi connectivity index (χ2n) is 6.05. The number of nitrogens with zero attached hydrogens (tertiary/aromatic N) is 3. The number of aromatic nitrogens is 3. The van der Waals surface area contributed by atoms with Gasteiger partial charge in [-0.05, 0) is 6.07 Å². The second-order valence-corrected chi connectivity index (χ2v) is 6.05. The third kappa shape index (κ3) is 4.29. The Kier molecular flexibility index (Phi) is 5.06. The first-order valence-electron chi connectivity index (χ1n) is 8.64. The fraction of sp³-hybridized carbons (Fsp3) is 0.263. The van der Waals surface area contributed by atoms with E-state index in [0.29, 0.717) is 36.4 Å². The first kappa shape index (κ1) is 17.2. The Hall–Kier alpha value is -3.26. The van der Waals surface area contributed by atoms with Gasteiger partial charge in [0.1, 0.15) is 6.10 Å². The van der Waals surface area contributed by atoms with Crippen LogP contribution in [0.5, 0.6) is 5.88 Å². The lowest BCUT2D eigenvalue weighted by atomic mass is 10.2. The van der Waals surface area contributed by atoms with E-state index in [9.17, 15) is 4.79 Å². The monoisotopic (exact) mass is 366 g/mol. The molecule has 1 saturated heterocycles. The predicted octanol–water partition coefficient (Wildman–Crippen LogP) is 2.23. The van der Waals surface area contributed by atoms with Crippen LogP contribution in [-0.4, -0.2) is 40.3 Å². The number of carbonyl (C=O) groups is 1. The summed E-state index contributed by atoms with van der Waals surface area (Å²) in [5, 5.41) is 6.69. The highest BCUT2D eigenvalue weighted by atomic mass is 16.5. The van der Waals surface area contributed by atoms with Gasteiger partial charge in [0.05, 0.1) is 19.8 Å². The molecule has 1 amide bonds. The molecule has 4 rings (SSSR count). The quantitative estimate of drug-likeness (QED) is 0.714. The van der Waals surface area contributed by atoms with Gasteiger partial charge in [-0.25, -0.2) is 4.98 Å². The molecule has 8 heteroatoms. The van der Waals surface area contributed by atoms with Crippen LogP contribution in [0.4, 0.5) is 0 Å². The summed E-state index contributed by atoms with van der Waals surface area (Å²) in [6, 6.07) is 12.7. The molecule has 0 saturated carbocycles. The molecule has 8 nitrogen and oxygen atoms in total. The molecular formula is C19H18N4O4. The number of hydrogen-bond donors (Lipinski definition) is 1. The van der Waals surface area contributed by atoms with Crippen LogP contribution in [0.15, 0.2) is 53.2 Å². The number of hydrogen-bond acceptors (Lipinski definition) is 7. The SMILES string of the molecule is O=C(NCc1nc(-c2ccccc2)no1)c1ccnc(OC2CCOC2)c1. The Balaban J connectivity index is 1.36. The van der Waals surface area contributed by atoms with E-state index in [2.05, 4.69) is 20.4 Å². The standard InChI is InChI=1S/C19H18N4O4/c24-19(14-6-8-20-16(10-14)26-15-7-9-25-12-15)21-11-17-22-18(23-27-17)13-4-2-1-3-5-13/h1-6,8,10,15H,7,9,11-12H2,(H,21,24). The van der Waals surface area contributed by atoms with Crippen LogP contribution in [-0.2, 0) is 11.3 Å². The number of benzene rings is 1. The van der Waals surface area contributed by atoms with E-state index < -0.39 is 0 Å². The molecule has 0 aliphatic carbocycles. The molecule has 138 valence electrons. The summed E-state index contributed by atoms with van der Waals surface area (Å²) in [5.41, 5.74) is 1.30. The van der Waals surface area contributed by atoms with Gasteiger partial charge in [0.15, 0.2) is 0 Å². The van der Waals surface area contributed by atoms with Gasteiger partial charge in [-0.2, -0.15) is 4.98 Å². The van der Waals surface area contributed by atoms with Crippen molar-refractivity contribution in [1.29, 1.82) is 0 Å². The van der Waals surface area contributed by atoms with Crippen molar-refractivity contribution in [1.82, 2.24) is 20.4 Å². The van der Waals surface area contributed by atoms with Gasteiger partial charge in [0.25, 0.3) is 5.91 Å². The maximum absolute atomic E-state index is 12.4. The van der Waals surface area contributed by atoms with Crippen molar-refractivity contribution in [2.24, 2.45) is 0 Å². The Labute approximate surface area is 155 Å². The topological polar surface area (TPSA) is 99.4 Å². The third-order valence-corrected chi connectivity index (χ3v) is 4.07. The Morgan fingerprint density at radius 2 is 2.15 bits per heavy atom. The third-order valence-electron chi connectivity index (χ3n) is 4.07. The zero-order valence-corrected chi connectivity index (χ0v) is 14.5. The maximum Gasteiger partial charge on any atom is 0.251 e. The lowest BCUT2D eigenvalue weighted by Gasteiger charge is -2.11. The van der Waals surface area contributed by atoms with Gasteiger partial charge in [0.2, 0.25) is 17.6 Å². The van der Waals surface area contributed by atoms with Gasteiger partial charge >= 0.3 is 0 Å². The smallest absolute Gasteiger partial charge is 0.251 e. The van der Waals surface area contributed by atoms with Gasteiger partial charge in [-0.3, -0.25) is 4.79 Å². The average Bonchev–Trinajstić information content (AvgIpc) is 3.39. The number of ether oxygens (including phenoxy) is 2. The highest BCUT2D eigenvalue weighted by molar-refractivity contribution is 5.94. The molecule has 1 aliphatic rings. The summed E-state index contributed by atoms with van der Waals surface area (Å²) < 4.78 is 16.2. The molecule has 1 aliphatic heterocycles. The molecule has 3 heterocycles. The molecule has 0 bridgehead atoms. The van der Waals surface area contributed by atoms with E-state index in [-0.39, 0.29) is 18.6 Å². The van der Waals surface area contributed by atoms with E-state index in [1.807, 2.05) is 30.3 Å². The summed E-state index contributed by atoms with van der Waals surface area (Å²) in [6.07, 6.45) is 2.34. The van der Waals surface area contributed by atoms with E-state index in [0.717, 1.165) is 12.0 Å².